The second-order valence-electron chi connectivity index (χ2n) is 2.42. The Bertz CT molecular complexity index is 363. The van der Waals surface area contributed by atoms with E-state index in [-0.39, 0.29) is 16.9 Å². The minimum Gasteiger partial charge on any atom is -0.460 e. The van der Waals surface area contributed by atoms with E-state index in [0.717, 1.165) is 0 Å². The number of nitrogens with one attached hydrogen (secondary N) is 1. The Kier molecular flexibility index (Phi) is 3.51. The highest BCUT2D eigenvalue weighted by molar-refractivity contribution is 6.31. The molecule has 0 spiro atoms. The molecule has 0 aliphatic heterocycles. The van der Waals surface area contributed by atoms with E-state index in [9.17, 15) is 0 Å². The highest BCUT2D eigenvalue weighted by Gasteiger charge is 2.08. The van der Waals surface area contributed by atoms with Crippen LogP contribution < -0.4 is 16.0 Å². The van der Waals surface area contributed by atoms with Gasteiger partial charge in [-0.25, -0.2) is 10.8 Å². The van der Waals surface area contributed by atoms with E-state index in [0.29, 0.717) is 0 Å². The fraction of sp³-hybridized carbons (Fsp3) is 0.250. The number of halogens is 1. The predicted octanol–water partition coefficient (Wildman–Crippen LogP) is 0.816. The third-order valence-corrected chi connectivity index (χ3v) is 1.62. The Morgan fingerprint density at radius 3 is 3.07 bits per heavy atom. The van der Waals surface area contributed by atoms with Crippen LogP contribution in [-0.2, 0) is 0 Å². The van der Waals surface area contributed by atoms with Gasteiger partial charge in [0.05, 0.1) is 6.20 Å². The molecule has 0 amide bonds. The zero-order valence-electron chi connectivity index (χ0n) is 7.49. The number of hydrogen-bond donors (Lipinski definition) is 2. The molecule has 74 valence electrons. The Balaban J connectivity index is 2.90. The summed E-state index contributed by atoms with van der Waals surface area (Å²) in [5.41, 5.74) is 2.27. The van der Waals surface area contributed by atoms with Crippen LogP contribution in [0.2, 0.25) is 5.02 Å². The van der Waals surface area contributed by atoms with E-state index in [2.05, 4.69) is 21.3 Å². The first-order valence-electron chi connectivity index (χ1n) is 3.79. The molecule has 1 rings (SSSR count). The molecule has 3 N–H and O–H groups in total. The summed E-state index contributed by atoms with van der Waals surface area (Å²) < 4.78 is 5.22. The molecule has 5 nitrogen and oxygen atoms in total. The first-order valence-corrected chi connectivity index (χ1v) is 4.17. The number of hydrogen-bond acceptors (Lipinski definition) is 5. The maximum atomic E-state index is 5.77. The van der Waals surface area contributed by atoms with Crippen LogP contribution in [0.25, 0.3) is 0 Å². The normalized spacial score (nSPS) is 11.6. The molecule has 14 heavy (non-hydrogen) atoms. The van der Waals surface area contributed by atoms with Crippen LogP contribution in [0.15, 0.2) is 6.20 Å². The number of anilines is 1. The summed E-state index contributed by atoms with van der Waals surface area (Å²) >= 11 is 5.77. The van der Waals surface area contributed by atoms with Gasteiger partial charge in [0, 0.05) is 0 Å². The lowest BCUT2D eigenvalue weighted by Gasteiger charge is -2.09. The number of hydrazine groups is 1. The molecular weight excluding hydrogens is 204 g/mol. The number of rotatable bonds is 3. The van der Waals surface area contributed by atoms with Crippen LogP contribution >= 0.6 is 11.6 Å². The fourth-order valence-corrected chi connectivity index (χ4v) is 0.841. The summed E-state index contributed by atoms with van der Waals surface area (Å²) in [5.74, 6) is 7.93. The Morgan fingerprint density at radius 2 is 2.50 bits per heavy atom. The van der Waals surface area contributed by atoms with E-state index in [1.54, 1.807) is 6.92 Å². The molecule has 1 aromatic rings. The summed E-state index contributed by atoms with van der Waals surface area (Å²) in [5, 5.41) is 0.283. The van der Waals surface area contributed by atoms with Gasteiger partial charge in [-0.3, -0.25) is 5.43 Å². The van der Waals surface area contributed by atoms with Gasteiger partial charge in [0.15, 0.2) is 6.10 Å². The van der Waals surface area contributed by atoms with Crippen LogP contribution in [0, 0.1) is 12.3 Å². The van der Waals surface area contributed by atoms with Crippen molar-refractivity contribution in [2.75, 3.05) is 5.43 Å². The van der Waals surface area contributed by atoms with E-state index < -0.39 is 6.10 Å². The van der Waals surface area contributed by atoms with E-state index in [4.69, 9.17) is 28.6 Å². The van der Waals surface area contributed by atoms with Gasteiger partial charge in [0.2, 0.25) is 11.8 Å². The number of nitrogens with zero attached hydrogens (tertiary/aromatic N) is 2. The Morgan fingerprint density at radius 1 is 1.79 bits per heavy atom. The van der Waals surface area contributed by atoms with Crippen molar-refractivity contribution in [2.24, 2.45) is 5.84 Å². The van der Waals surface area contributed by atoms with Gasteiger partial charge in [-0.05, 0) is 6.92 Å². The molecule has 1 atom stereocenters. The molecule has 0 aromatic carbocycles. The van der Waals surface area contributed by atoms with Crippen molar-refractivity contribution in [1.29, 1.82) is 0 Å². The SMILES string of the molecule is C#CC(C)Oc1nc(NN)ncc1Cl. The Labute approximate surface area is 86.6 Å². The van der Waals surface area contributed by atoms with E-state index in [1.807, 2.05) is 0 Å². The third kappa shape index (κ3) is 2.49. The summed E-state index contributed by atoms with van der Waals surface area (Å²) in [7, 11) is 0. The zero-order chi connectivity index (χ0) is 10.6. The van der Waals surface area contributed by atoms with Crippen molar-refractivity contribution < 1.29 is 4.74 Å². The molecule has 1 aromatic heterocycles. The number of ether oxygens (including phenoxy) is 1. The van der Waals surface area contributed by atoms with Crippen LogP contribution in [-0.4, -0.2) is 16.1 Å². The van der Waals surface area contributed by atoms with Crippen molar-refractivity contribution in [3.63, 3.8) is 0 Å². The molecule has 0 radical (unpaired) electrons. The second-order valence-corrected chi connectivity index (χ2v) is 2.82. The van der Waals surface area contributed by atoms with Crippen molar-refractivity contribution in [3.8, 4) is 18.2 Å². The number of nitrogen functional groups attached to an aromatic ring is 1. The summed E-state index contributed by atoms with van der Waals surface area (Å²) in [6, 6.07) is 0. The minimum atomic E-state index is -0.409. The number of nitrogens with two attached hydrogens (primary N) is 1. The van der Waals surface area contributed by atoms with Crippen LogP contribution in [0.5, 0.6) is 5.88 Å². The predicted molar refractivity (Wildman–Crippen MR) is 53.8 cm³/mol. The molecular formula is C8H9ClN4O. The molecule has 6 heteroatoms. The van der Waals surface area contributed by atoms with Crippen LogP contribution in [0.3, 0.4) is 0 Å². The average molecular weight is 213 g/mol. The molecule has 1 unspecified atom stereocenters. The largest absolute Gasteiger partial charge is 0.460 e. The number of terminal acetylenes is 1. The molecule has 0 aliphatic carbocycles. The topological polar surface area (TPSA) is 73.1 Å². The van der Waals surface area contributed by atoms with Crippen molar-refractivity contribution in [1.82, 2.24) is 9.97 Å². The van der Waals surface area contributed by atoms with E-state index in [1.165, 1.54) is 6.20 Å². The van der Waals surface area contributed by atoms with Gasteiger partial charge >= 0.3 is 0 Å². The van der Waals surface area contributed by atoms with Crippen molar-refractivity contribution >= 4 is 17.5 Å². The maximum Gasteiger partial charge on any atom is 0.240 e. The molecule has 0 saturated heterocycles. The first-order chi connectivity index (χ1) is 6.67. The highest BCUT2D eigenvalue weighted by atomic mass is 35.5. The Hall–Kier alpha value is -1.51. The zero-order valence-corrected chi connectivity index (χ0v) is 8.25. The lowest BCUT2D eigenvalue weighted by molar-refractivity contribution is 0.268. The molecule has 0 saturated carbocycles. The van der Waals surface area contributed by atoms with Gasteiger partial charge in [0.1, 0.15) is 5.02 Å². The van der Waals surface area contributed by atoms with Crippen molar-refractivity contribution in [3.05, 3.63) is 11.2 Å². The second kappa shape index (κ2) is 4.65. The van der Waals surface area contributed by atoms with Gasteiger partial charge in [-0.2, -0.15) is 4.98 Å². The fourth-order valence-electron chi connectivity index (χ4n) is 0.705. The average Bonchev–Trinajstić information content (AvgIpc) is 2.21. The van der Waals surface area contributed by atoms with E-state index >= 15 is 0 Å². The summed E-state index contributed by atoms with van der Waals surface area (Å²) in [6.45, 7) is 1.70. The lowest BCUT2D eigenvalue weighted by Crippen LogP contribution is -2.14. The smallest absolute Gasteiger partial charge is 0.240 e. The van der Waals surface area contributed by atoms with Gasteiger partial charge in [0.25, 0.3) is 0 Å². The van der Waals surface area contributed by atoms with Crippen LogP contribution in [0.1, 0.15) is 6.92 Å². The molecule has 0 aliphatic rings. The minimum absolute atomic E-state index is 0.208. The third-order valence-electron chi connectivity index (χ3n) is 1.36. The van der Waals surface area contributed by atoms with Gasteiger partial charge in [-0.1, -0.05) is 17.5 Å². The molecule has 0 bridgehead atoms. The summed E-state index contributed by atoms with van der Waals surface area (Å²) in [4.78, 5) is 7.66. The van der Waals surface area contributed by atoms with Gasteiger partial charge in [-0.15, -0.1) is 6.42 Å². The van der Waals surface area contributed by atoms with Crippen molar-refractivity contribution in [2.45, 2.75) is 13.0 Å². The number of aromatic nitrogens is 2. The molecule has 0 fully saturated rings. The van der Waals surface area contributed by atoms with Crippen LogP contribution in [0.4, 0.5) is 5.95 Å². The van der Waals surface area contributed by atoms with Gasteiger partial charge < -0.3 is 4.74 Å². The first kappa shape index (κ1) is 10.6. The quantitative estimate of drug-likeness (QED) is 0.441. The molecule has 1 heterocycles. The maximum absolute atomic E-state index is 5.77. The standard InChI is InChI=1S/C8H9ClN4O/c1-3-5(2)14-7-6(9)4-11-8(12-7)13-10/h1,4-5H,10H2,2H3,(H,11,12,13). The monoisotopic (exact) mass is 212 g/mol. The lowest BCUT2D eigenvalue weighted by atomic mass is 10.4. The highest BCUT2D eigenvalue weighted by Crippen LogP contribution is 2.22. The summed E-state index contributed by atoms with van der Waals surface area (Å²) in [6.07, 6.45) is 6.11.